The van der Waals surface area contributed by atoms with Crippen LogP contribution >= 0.6 is 0 Å². The van der Waals surface area contributed by atoms with E-state index in [1.165, 1.54) is 6.07 Å². The molecule has 9 nitrogen and oxygen atoms in total. The molecule has 0 radical (unpaired) electrons. The van der Waals surface area contributed by atoms with Crippen LogP contribution in [0.3, 0.4) is 0 Å². The fourth-order valence-corrected chi connectivity index (χ4v) is 5.52. The molecule has 3 aliphatic rings. The minimum atomic E-state index is -4.60. The highest BCUT2D eigenvalue weighted by Gasteiger charge is 2.70. The van der Waals surface area contributed by atoms with E-state index in [0.717, 1.165) is 23.3 Å². The van der Waals surface area contributed by atoms with Crippen molar-refractivity contribution in [1.82, 2.24) is 10.3 Å². The van der Waals surface area contributed by atoms with Gasteiger partial charge < -0.3 is 31.2 Å². The Hall–Kier alpha value is -4.32. The maximum atomic E-state index is 13.5. The number of alkyl halides is 3. The van der Waals surface area contributed by atoms with Crippen LogP contribution in [0.5, 0.6) is 17.2 Å². The van der Waals surface area contributed by atoms with E-state index in [1.807, 2.05) is 13.0 Å². The van der Waals surface area contributed by atoms with Crippen molar-refractivity contribution in [1.29, 1.82) is 0 Å². The summed E-state index contributed by atoms with van der Waals surface area (Å²) in [6, 6.07) is 9.39. The van der Waals surface area contributed by atoms with E-state index in [1.54, 1.807) is 38.2 Å². The average Bonchev–Trinajstić information content (AvgIpc) is 3.30. The Morgan fingerprint density at radius 1 is 1.15 bits per heavy atom. The predicted octanol–water partition coefficient (Wildman–Crippen LogP) is 5.41. The van der Waals surface area contributed by atoms with Crippen LogP contribution in [0.1, 0.15) is 55.4 Å². The van der Waals surface area contributed by atoms with Gasteiger partial charge in [0.15, 0.2) is 0 Å². The standard InChI is InChI=1S/C29H28F3N5O4/c1-27(2,33)14-10-15(29(30,31)32)12-16(11-14)35-26(39)37-24-23-19-13-17(4-6-21(19)41-28(23,24)3)40-20-8-9-34-25-18(20)5-7-22(38)36-25/h4,6,8-13,23-24H,5,7,33H2,1-3H3,(H,34,36,38)(H2,35,37,39)/t23-,24-,28?/m0/s1. The van der Waals surface area contributed by atoms with Gasteiger partial charge in [-0.3, -0.25) is 4.79 Å². The van der Waals surface area contributed by atoms with E-state index in [2.05, 4.69) is 20.9 Å². The number of pyridine rings is 1. The molecule has 1 fully saturated rings. The van der Waals surface area contributed by atoms with E-state index in [4.69, 9.17) is 15.2 Å². The predicted molar refractivity (Wildman–Crippen MR) is 144 cm³/mol. The van der Waals surface area contributed by atoms with Crippen LogP contribution in [0.2, 0.25) is 0 Å². The van der Waals surface area contributed by atoms with Crippen LogP contribution in [0.4, 0.5) is 29.5 Å². The Morgan fingerprint density at radius 3 is 2.63 bits per heavy atom. The number of nitrogens with one attached hydrogen (secondary N) is 3. The molecule has 3 aromatic rings. The summed E-state index contributed by atoms with van der Waals surface area (Å²) in [4.78, 5) is 28.8. The highest BCUT2D eigenvalue weighted by molar-refractivity contribution is 5.93. The van der Waals surface area contributed by atoms with Crippen molar-refractivity contribution in [3.63, 3.8) is 0 Å². The molecule has 3 heterocycles. The molecule has 1 aliphatic carbocycles. The monoisotopic (exact) mass is 567 g/mol. The third-order valence-corrected chi connectivity index (χ3v) is 7.75. The Morgan fingerprint density at radius 2 is 1.90 bits per heavy atom. The van der Waals surface area contributed by atoms with Gasteiger partial charge in [0.2, 0.25) is 5.91 Å². The fourth-order valence-electron chi connectivity index (χ4n) is 5.52. The first-order chi connectivity index (χ1) is 19.2. The first-order valence-corrected chi connectivity index (χ1v) is 13.1. The number of halogens is 3. The first-order valence-electron chi connectivity index (χ1n) is 13.1. The Bertz CT molecular complexity index is 1550. The molecule has 1 aromatic heterocycles. The quantitative estimate of drug-likeness (QED) is 0.327. The van der Waals surface area contributed by atoms with Crippen molar-refractivity contribution >= 4 is 23.4 Å². The van der Waals surface area contributed by atoms with Crippen molar-refractivity contribution in [2.24, 2.45) is 5.73 Å². The number of carbonyl (C=O) groups is 2. The third-order valence-electron chi connectivity index (χ3n) is 7.75. The van der Waals surface area contributed by atoms with Gasteiger partial charge in [-0.2, -0.15) is 13.2 Å². The number of carbonyl (C=O) groups excluding carboxylic acids is 2. The van der Waals surface area contributed by atoms with E-state index in [0.29, 0.717) is 35.9 Å². The second-order valence-corrected chi connectivity index (χ2v) is 11.3. The molecular weight excluding hydrogens is 539 g/mol. The third kappa shape index (κ3) is 4.92. The molecule has 3 atom stereocenters. The molecule has 6 rings (SSSR count). The number of ether oxygens (including phenoxy) is 2. The van der Waals surface area contributed by atoms with Gasteiger partial charge >= 0.3 is 12.2 Å². The van der Waals surface area contributed by atoms with E-state index < -0.39 is 35.0 Å². The lowest BCUT2D eigenvalue weighted by atomic mass is 9.93. The smallest absolute Gasteiger partial charge is 0.416 e. The minimum absolute atomic E-state index is 0.0179. The summed E-state index contributed by atoms with van der Waals surface area (Å²) in [5.74, 6) is 2.01. The number of urea groups is 1. The summed E-state index contributed by atoms with van der Waals surface area (Å²) in [6.07, 6.45) is -2.18. The molecule has 5 N–H and O–H groups in total. The van der Waals surface area contributed by atoms with Crippen molar-refractivity contribution in [3.05, 3.63) is 70.9 Å². The number of nitrogens with zero attached hydrogens (tertiary/aromatic N) is 1. The molecule has 0 spiro atoms. The van der Waals surface area contributed by atoms with Crippen LogP contribution in [0.25, 0.3) is 0 Å². The molecule has 41 heavy (non-hydrogen) atoms. The molecule has 3 amide bonds. The number of benzene rings is 2. The molecule has 12 heteroatoms. The molecule has 0 saturated heterocycles. The zero-order valence-electron chi connectivity index (χ0n) is 22.5. The van der Waals surface area contributed by atoms with Crippen LogP contribution in [0, 0.1) is 0 Å². The molecule has 1 saturated carbocycles. The number of nitrogens with two attached hydrogens (primary N) is 1. The maximum absolute atomic E-state index is 13.5. The molecule has 214 valence electrons. The lowest BCUT2D eigenvalue weighted by Crippen LogP contribution is -2.37. The number of fused-ring (bicyclic) bond motifs is 4. The second kappa shape index (κ2) is 9.10. The van der Waals surface area contributed by atoms with Crippen molar-refractivity contribution in [2.75, 3.05) is 10.6 Å². The summed E-state index contributed by atoms with van der Waals surface area (Å²) in [6.45, 7) is 5.05. The Balaban J connectivity index is 1.18. The van der Waals surface area contributed by atoms with Crippen LogP contribution in [-0.4, -0.2) is 28.6 Å². The lowest BCUT2D eigenvalue weighted by molar-refractivity contribution is -0.137. The molecule has 2 aliphatic heterocycles. The molecule has 2 aromatic carbocycles. The molecular formula is C29H28F3N5O4. The Labute approximate surface area is 233 Å². The van der Waals surface area contributed by atoms with Crippen molar-refractivity contribution in [3.8, 4) is 17.2 Å². The zero-order valence-corrected chi connectivity index (χ0v) is 22.5. The van der Waals surface area contributed by atoms with Gasteiger partial charge in [0.05, 0.1) is 17.5 Å². The van der Waals surface area contributed by atoms with Crippen molar-refractivity contribution < 1.29 is 32.2 Å². The SMILES string of the molecule is CC(C)(N)c1cc(NC(=O)N[C@H]2[C@@H]3c4cc(Oc5ccnc6c5CCC(=O)N6)ccc4OC23C)cc(C(F)(F)F)c1. The fraction of sp³-hybridized carbons (Fsp3) is 0.345. The molecule has 1 unspecified atom stereocenters. The van der Waals surface area contributed by atoms with Crippen LogP contribution in [0.15, 0.2) is 48.7 Å². The van der Waals surface area contributed by atoms with Gasteiger partial charge in [0, 0.05) is 35.0 Å². The minimum Gasteiger partial charge on any atom is -0.484 e. The highest BCUT2D eigenvalue weighted by atomic mass is 19.4. The summed E-state index contributed by atoms with van der Waals surface area (Å²) in [5.41, 5.74) is 5.26. The molecule has 0 bridgehead atoms. The van der Waals surface area contributed by atoms with E-state index >= 15 is 0 Å². The van der Waals surface area contributed by atoms with Gasteiger partial charge in [-0.25, -0.2) is 9.78 Å². The van der Waals surface area contributed by atoms with Gasteiger partial charge in [-0.1, -0.05) is 0 Å². The number of hydrogen-bond donors (Lipinski definition) is 4. The summed E-state index contributed by atoms with van der Waals surface area (Å²) >= 11 is 0. The highest BCUT2D eigenvalue weighted by Crippen LogP contribution is 2.62. The first kappa shape index (κ1) is 26.9. The topological polar surface area (TPSA) is 128 Å². The number of rotatable bonds is 5. The summed E-state index contributed by atoms with van der Waals surface area (Å²) < 4.78 is 52.8. The number of amides is 3. The second-order valence-electron chi connectivity index (χ2n) is 11.3. The van der Waals surface area contributed by atoms with Gasteiger partial charge in [-0.15, -0.1) is 0 Å². The lowest BCUT2D eigenvalue weighted by Gasteiger charge is -2.22. The normalized spacial score (nSPS) is 22.5. The van der Waals surface area contributed by atoms with Gasteiger partial charge in [-0.05, 0) is 75.2 Å². The largest absolute Gasteiger partial charge is 0.484 e. The number of aromatic nitrogens is 1. The van der Waals surface area contributed by atoms with Crippen LogP contribution < -0.4 is 31.2 Å². The summed E-state index contributed by atoms with van der Waals surface area (Å²) in [5, 5.41) is 8.11. The van der Waals surface area contributed by atoms with E-state index in [-0.39, 0.29) is 23.1 Å². The number of anilines is 2. The maximum Gasteiger partial charge on any atom is 0.416 e. The zero-order chi connectivity index (χ0) is 29.3. The van der Waals surface area contributed by atoms with Gasteiger partial charge in [0.1, 0.15) is 28.7 Å². The van der Waals surface area contributed by atoms with E-state index in [9.17, 15) is 22.8 Å². The van der Waals surface area contributed by atoms with Gasteiger partial charge in [0.25, 0.3) is 0 Å². The average molecular weight is 568 g/mol. The van der Waals surface area contributed by atoms with Crippen molar-refractivity contribution in [2.45, 2.75) is 62.9 Å². The van der Waals surface area contributed by atoms with Crippen LogP contribution in [-0.2, 0) is 22.9 Å². The summed E-state index contributed by atoms with van der Waals surface area (Å²) in [7, 11) is 0. The Kier molecular flexibility index (Phi) is 5.96. The number of hydrogen-bond acceptors (Lipinski definition) is 6.